The summed E-state index contributed by atoms with van der Waals surface area (Å²) in [6.45, 7) is 1.53. The molecule has 0 unspecified atom stereocenters. The molecule has 0 radical (unpaired) electrons. The third-order valence-corrected chi connectivity index (χ3v) is 4.41. The van der Waals surface area contributed by atoms with E-state index in [4.69, 9.17) is 10.5 Å². The van der Waals surface area contributed by atoms with E-state index in [0.717, 1.165) is 18.7 Å². The van der Waals surface area contributed by atoms with E-state index in [1.807, 2.05) is 30.3 Å². The van der Waals surface area contributed by atoms with Gasteiger partial charge in [-0.25, -0.2) is 4.79 Å². The maximum Gasteiger partial charge on any atom is 0.339 e. The lowest BCUT2D eigenvalue weighted by Gasteiger charge is -2.37. The second kappa shape index (κ2) is 6.84. The quantitative estimate of drug-likeness (QED) is 0.845. The molecule has 1 heterocycles. The van der Waals surface area contributed by atoms with Gasteiger partial charge in [0.25, 0.3) is 0 Å². The molecule has 1 amide bonds. The molecule has 24 heavy (non-hydrogen) atoms. The number of carbonyl (C=O) groups is 2. The molecule has 0 spiro atoms. The number of nitrogens with two attached hydrogens (primary N) is 1. The van der Waals surface area contributed by atoms with E-state index in [1.54, 1.807) is 18.2 Å². The van der Waals surface area contributed by atoms with Gasteiger partial charge in [-0.3, -0.25) is 4.79 Å². The van der Waals surface area contributed by atoms with Gasteiger partial charge in [0.15, 0.2) is 0 Å². The van der Waals surface area contributed by atoms with Gasteiger partial charge in [-0.05, 0) is 30.8 Å². The standard InChI is InChI=1S/C19H20N2O3/c20-17(22)15-8-4-5-9-16(15)18(23)24-19(10-12-21-13-11-19)14-6-2-1-3-7-14/h1-9,21H,10-13H2,(H2,20,22). The molecule has 1 saturated heterocycles. The van der Waals surface area contributed by atoms with Crippen molar-refractivity contribution in [3.63, 3.8) is 0 Å². The molecule has 5 nitrogen and oxygen atoms in total. The summed E-state index contributed by atoms with van der Waals surface area (Å²) >= 11 is 0. The molecule has 1 aliphatic rings. The first-order valence-corrected chi connectivity index (χ1v) is 8.01. The van der Waals surface area contributed by atoms with E-state index >= 15 is 0 Å². The highest BCUT2D eigenvalue weighted by atomic mass is 16.6. The van der Waals surface area contributed by atoms with Crippen LogP contribution < -0.4 is 11.1 Å². The van der Waals surface area contributed by atoms with Crippen LogP contribution in [0.25, 0.3) is 0 Å². The van der Waals surface area contributed by atoms with Crippen LogP contribution in [0.4, 0.5) is 0 Å². The van der Waals surface area contributed by atoms with E-state index < -0.39 is 17.5 Å². The summed E-state index contributed by atoms with van der Waals surface area (Å²) in [7, 11) is 0. The number of nitrogens with one attached hydrogen (secondary N) is 1. The van der Waals surface area contributed by atoms with Gasteiger partial charge < -0.3 is 15.8 Å². The monoisotopic (exact) mass is 324 g/mol. The Morgan fingerprint density at radius 1 is 0.917 bits per heavy atom. The van der Waals surface area contributed by atoms with Crippen LogP contribution in [0.2, 0.25) is 0 Å². The second-order valence-corrected chi connectivity index (χ2v) is 5.91. The third kappa shape index (κ3) is 3.16. The number of ether oxygens (including phenoxy) is 1. The highest BCUT2D eigenvalue weighted by Crippen LogP contribution is 2.35. The van der Waals surface area contributed by atoms with Gasteiger partial charge in [0, 0.05) is 12.8 Å². The summed E-state index contributed by atoms with van der Waals surface area (Å²) in [6.07, 6.45) is 1.36. The summed E-state index contributed by atoms with van der Waals surface area (Å²) in [6, 6.07) is 16.2. The molecule has 0 atom stereocenters. The van der Waals surface area contributed by atoms with Gasteiger partial charge in [-0.15, -0.1) is 0 Å². The van der Waals surface area contributed by atoms with E-state index in [2.05, 4.69) is 5.32 Å². The van der Waals surface area contributed by atoms with Crippen molar-refractivity contribution in [2.75, 3.05) is 13.1 Å². The maximum atomic E-state index is 12.8. The predicted octanol–water partition coefficient (Wildman–Crippen LogP) is 2.22. The molecule has 1 aliphatic heterocycles. The molecule has 1 fully saturated rings. The predicted molar refractivity (Wildman–Crippen MR) is 90.6 cm³/mol. The Kier molecular flexibility index (Phi) is 4.62. The average molecular weight is 324 g/mol. The molecular weight excluding hydrogens is 304 g/mol. The van der Waals surface area contributed by atoms with Gasteiger partial charge in [-0.2, -0.15) is 0 Å². The Morgan fingerprint density at radius 2 is 1.50 bits per heavy atom. The van der Waals surface area contributed by atoms with Crippen molar-refractivity contribution < 1.29 is 14.3 Å². The lowest BCUT2D eigenvalue weighted by atomic mass is 9.84. The average Bonchev–Trinajstić information content (AvgIpc) is 2.63. The summed E-state index contributed by atoms with van der Waals surface area (Å²) in [5, 5.41) is 3.29. The molecular formula is C19H20N2O3. The SMILES string of the molecule is NC(=O)c1ccccc1C(=O)OC1(c2ccccc2)CCNCC1. The number of piperidine rings is 1. The summed E-state index contributed by atoms with van der Waals surface area (Å²) < 4.78 is 5.96. The lowest BCUT2D eigenvalue weighted by molar-refractivity contribution is -0.0379. The molecule has 0 aliphatic carbocycles. The van der Waals surface area contributed by atoms with Crippen molar-refractivity contribution in [1.29, 1.82) is 0 Å². The fraction of sp³-hybridized carbons (Fsp3) is 0.263. The number of hydrogen-bond donors (Lipinski definition) is 2. The molecule has 124 valence electrons. The zero-order valence-corrected chi connectivity index (χ0v) is 13.3. The Balaban J connectivity index is 1.94. The summed E-state index contributed by atoms with van der Waals surface area (Å²) in [5.41, 5.74) is 6.04. The van der Waals surface area contributed by atoms with Crippen molar-refractivity contribution in [3.05, 3.63) is 71.3 Å². The van der Waals surface area contributed by atoms with Gasteiger partial charge in [0.1, 0.15) is 5.60 Å². The van der Waals surface area contributed by atoms with Crippen molar-refractivity contribution in [2.45, 2.75) is 18.4 Å². The van der Waals surface area contributed by atoms with Crippen molar-refractivity contribution >= 4 is 11.9 Å². The summed E-state index contributed by atoms with van der Waals surface area (Å²) in [5.74, 6) is -1.16. The number of rotatable bonds is 4. The minimum atomic E-state index is -0.686. The van der Waals surface area contributed by atoms with Crippen LogP contribution in [0, 0.1) is 0 Å². The number of carbonyl (C=O) groups excluding carboxylic acids is 2. The van der Waals surface area contributed by atoms with E-state index in [0.29, 0.717) is 12.8 Å². The zero-order valence-electron chi connectivity index (χ0n) is 13.3. The highest BCUT2D eigenvalue weighted by Gasteiger charge is 2.38. The van der Waals surface area contributed by atoms with Crippen LogP contribution in [-0.4, -0.2) is 25.0 Å². The fourth-order valence-corrected chi connectivity index (χ4v) is 3.13. The Labute approximate surface area is 140 Å². The van der Waals surface area contributed by atoms with Gasteiger partial charge in [0.2, 0.25) is 5.91 Å². The van der Waals surface area contributed by atoms with Crippen LogP contribution in [0.3, 0.4) is 0 Å². The van der Waals surface area contributed by atoms with Crippen LogP contribution in [0.15, 0.2) is 54.6 Å². The minimum Gasteiger partial charge on any atom is -0.450 e. The largest absolute Gasteiger partial charge is 0.450 e. The van der Waals surface area contributed by atoms with Crippen molar-refractivity contribution in [3.8, 4) is 0 Å². The van der Waals surface area contributed by atoms with E-state index in [-0.39, 0.29) is 11.1 Å². The van der Waals surface area contributed by atoms with Gasteiger partial charge >= 0.3 is 5.97 Å². The molecule has 2 aromatic carbocycles. The maximum absolute atomic E-state index is 12.8. The first kappa shape index (κ1) is 16.2. The molecule has 2 aromatic rings. The third-order valence-electron chi connectivity index (χ3n) is 4.41. The molecule has 3 N–H and O–H groups in total. The number of amides is 1. The normalized spacial score (nSPS) is 16.3. The van der Waals surface area contributed by atoms with Crippen LogP contribution >= 0.6 is 0 Å². The van der Waals surface area contributed by atoms with E-state index in [9.17, 15) is 9.59 Å². The first-order valence-electron chi connectivity index (χ1n) is 8.01. The number of esters is 1. The molecule has 0 saturated carbocycles. The van der Waals surface area contributed by atoms with E-state index in [1.165, 1.54) is 6.07 Å². The van der Waals surface area contributed by atoms with Gasteiger partial charge in [-0.1, -0.05) is 42.5 Å². The topological polar surface area (TPSA) is 81.4 Å². The highest BCUT2D eigenvalue weighted by molar-refractivity contribution is 6.04. The summed E-state index contributed by atoms with van der Waals surface area (Å²) in [4.78, 5) is 24.3. The second-order valence-electron chi connectivity index (χ2n) is 5.91. The minimum absolute atomic E-state index is 0.180. The first-order chi connectivity index (χ1) is 11.6. The molecule has 5 heteroatoms. The Morgan fingerprint density at radius 3 is 2.12 bits per heavy atom. The smallest absolute Gasteiger partial charge is 0.339 e. The van der Waals surface area contributed by atoms with Crippen molar-refractivity contribution in [1.82, 2.24) is 5.32 Å². The van der Waals surface area contributed by atoms with Crippen LogP contribution in [0.1, 0.15) is 39.1 Å². The number of benzene rings is 2. The van der Waals surface area contributed by atoms with Gasteiger partial charge in [0.05, 0.1) is 11.1 Å². The lowest BCUT2D eigenvalue weighted by Crippen LogP contribution is -2.43. The number of hydrogen-bond acceptors (Lipinski definition) is 4. The zero-order chi connectivity index (χ0) is 17.0. The molecule has 3 rings (SSSR count). The molecule has 0 aromatic heterocycles. The Bertz CT molecular complexity index is 737. The molecule has 0 bridgehead atoms. The number of primary amides is 1. The fourth-order valence-electron chi connectivity index (χ4n) is 3.13. The Hall–Kier alpha value is -2.66. The van der Waals surface area contributed by atoms with Crippen molar-refractivity contribution in [2.24, 2.45) is 5.73 Å². The van der Waals surface area contributed by atoms with Crippen LogP contribution in [-0.2, 0) is 10.3 Å². The van der Waals surface area contributed by atoms with Crippen LogP contribution in [0.5, 0.6) is 0 Å².